The molecule has 0 spiro atoms. The van der Waals surface area contributed by atoms with Crippen molar-refractivity contribution in [3.8, 4) is 5.75 Å². The fourth-order valence-electron chi connectivity index (χ4n) is 4.24. The number of para-hydroxylation sites is 1. The first-order valence-electron chi connectivity index (χ1n) is 11.7. The van der Waals surface area contributed by atoms with Crippen LogP contribution in [0.3, 0.4) is 0 Å². The number of carbonyl (C=O) groups excluding carboxylic acids is 1. The zero-order valence-corrected chi connectivity index (χ0v) is 20.7. The predicted octanol–water partition coefficient (Wildman–Crippen LogP) is 4.29. The molecule has 1 saturated heterocycles. The highest BCUT2D eigenvalue weighted by Gasteiger charge is 2.27. The molecule has 1 N–H and O–H groups in total. The Bertz CT molecular complexity index is 1050. The quantitative estimate of drug-likeness (QED) is 0.557. The number of methoxy groups -OCH3 is 1. The lowest BCUT2D eigenvalue weighted by Gasteiger charge is -2.28. The Balaban J connectivity index is 1.84. The number of nitrogens with one attached hydrogen (secondary N) is 1. The van der Waals surface area contributed by atoms with Gasteiger partial charge in [0.2, 0.25) is 15.9 Å². The van der Waals surface area contributed by atoms with E-state index >= 15 is 0 Å². The predicted molar refractivity (Wildman–Crippen MR) is 133 cm³/mol. The van der Waals surface area contributed by atoms with Gasteiger partial charge in [-0.2, -0.15) is 4.31 Å². The van der Waals surface area contributed by atoms with Gasteiger partial charge in [0.15, 0.2) is 0 Å². The van der Waals surface area contributed by atoms with Gasteiger partial charge < -0.3 is 15.0 Å². The van der Waals surface area contributed by atoms with Crippen LogP contribution in [0.5, 0.6) is 5.75 Å². The lowest BCUT2D eigenvalue weighted by atomic mass is 10.1. The average Bonchev–Trinajstić information content (AvgIpc) is 2.85. The number of nitrogens with zero attached hydrogens (tertiary/aromatic N) is 2. The molecule has 0 unspecified atom stereocenters. The van der Waals surface area contributed by atoms with Gasteiger partial charge in [0.25, 0.3) is 0 Å². The Morgan fingerprint density at radius 1 is 1.06 bits per heavy atom. The van der Waals surface area contributed by atoms with Crippen molar-refractivity contribution in [2.24, 2.45) is 0 Å². The van der Waals surface area contributed by atoms with Gasteiger partial charge in [0.05, 0.1) is 23.4 Å². The zero-order valence-electron chi connectivity index (χ0n) is 19.8. The molecular formula is C25H35N3O4S. The minimum atomic E-state index is -3.59. The van der Waals surface area contributed by atoms with Crippen molar-refractivity contribution in [3.63, 3.8) is 0 Å². The van der Waals surface area contributed by atoms with Crippen molar-refractivity contribution in [2.45, 2.75) is 50.8 Å². The molecule has 0 aliphatic carbocycles. The fourth-order valence-corrected chi connectivity index (χ4v) is 5.78. The third-order valence-electron chi connectivity index (χ3n) is 6.11. The molecule has 1 aliphatic rings. The van der Waals surface area contributed by atoms with Crippen LogP contribution in [0.1, 0.15) is 45.1 Å². The molecule has 1 heterocycles. The topological polar surface area (TPSA) is 79.0 Å². The summed E-state index contributed by atoms with van der Waals surface area (Å²) in [6, 6.07) is 12.7. The highest BCUT2D eigenvalue weighted by molar-refractivity contribution is 7.89. The molecule has 180 valence electrons. The van der Waals surface area contributed by atoms with E-state index in [1.54, 1.807) is 29.6 Å². The molecule has 0 bridgehead atoms. The molecule has 3 rings (SSSR count). The van der Waals surface area contributed by atoms with Crippen molar-refractivity contribution >= 4 is 27.3 Å². The lowest BCUT2D eigenvalue weighted by molar-refractivity contribution is -0.116. The SMILES string of the molecule is CCN(CC)c1ccc(S(=O)(=O)N2CCCCC2)cc1NC(=O)CCc1ccccc1OC. The van der Waals surface area contributed by atoms with Gasteiger partial charge in [-0.05, 0) is 62.9 Å². The van der Waals surface area contributed by atoms with E-state index in [1.807, 2.05) is 38.1 Å². The summed E-state index contributed by atoms with van der Waals surface area (Å²) in [6.07, 6.45) is 3.61. The smallest absolute Gasteiger partial charge is 0.243 e. The normalized spacial score (nSPS) is 14.6. The number of sulfonamides is 1. The third-order valence-corrected chi connectivity index (χ3v) is 8.01. The van der Waals surface area contributed by atoms with E-state index in [9.17, 15) is 13.2 Å². The van der Waals surface area contributed by atoms with Crippen molar-refractivity contribution < 1.29 is 17.9 Å². The number of rotatable bonds is 10. The largest absolute Gasteiger partial charge is 0.496 e. The Morgan fingerprint density at radius 3 is 2.42 bits per heavy atom. The average molecular weight is 474 g/mol. The van der Waals surface area contributed by atoms with Crippen LogP contribution in [-0.2, 0) is 21.2 Å². The van der Waals surface area contributed by atoms with E-state index < -0.39 is 10.0 Å². The summed E-state index contributed by atoms with van der Waals surface area (Å²) in [5.41, 5.74) is 2.31. The molecule has 1 amide bonds. The van der Waals surface area contributed by atoms with Crippen molar-refractivity contribution in [1.82, 2.24) is 4.31 Å². The minimum Gasteiger partial charge on any atom is -0.496 e. The molecule has 33 heavy (non-hydrogen) atoms. The van der Waals surface area contributed by atoms with Gasteiger partial charge in [0.1, 0.15) is 5.75 Å². The molecule has 0 atom stereocenters. The van der Waals surface area contributed by atoms with Crippen LogP contribution in [0, 0.1) is 0 Å². The van der Waals surface area contributed by atoms with Gasteiger partial charge >= 0.3 is 0 Å². The molecule has 2 aromatic carbocycles. The van der Waals surface area contributed by atoms with Crippen molar-refractivity contribution in [1.29, 1.82) is 0 Å². The van der Waals surface area contributed by atoms with Crippen LogP contribution in [-0.4, -0.2) is 51.9 Å². The van der Waals surface area contributed by atoms with Crippen LogP contribution in [0.4, 0.5) is 11.4 Å². The van der Waals surface area contributed by atoms with Gasteiger partial charge in [-0.25, -0.2) is 8.42 Å². The monoisotopic (exact) mass is 473 g/mol. The van der Waals surface area contributed by atoms with Crippen LogP contribution in [0.15, 0.2) is 47.4 Å². The van der Waals surface area contributed by atoms with E-state index in [2.05, 4.69) is 10.2 Å². The molecule has 1 fully saturated rings. The highest BCUT2D eigenvalue weighted by atomic mass is 32.2. The molecule has 7 nitrogen and oxygen atoms in total. The molecule has 1 aliphatic heterocycles. The van der Waals surface area contributed by atoms with E-state index in [0.717, 1.165) is 49.4 Å². The molecule has 0 aromatic heterocycles. The molecule has 0 saturated carbocycles. The summed E-state index contributed by atoms with van der Waals surface area (Å²) in [5, 5.41) is 2.98. The van der Waals surface area contributed by atoms with E-state index in [-0.39, 0.29) is 17.2 Å². The maximum Gasteiger partial charge on any atom is 0.243 e. The van der Waals surface area contributed by atoms with Gasteiger partial charge in [-0.1, -0.05) is 24.6 Å². The van der Waals surface area contributed by atoms with Crippen LogP contribution < -0.4 is 15.0 Å². The van der Waals surface area contributed by atoms with Crippen LogP contribution >= 0.6 is 0 Å². The van der Waals surface area contributed by atoms with Gasteiger partial charge in [-0.15, -0.1) is 0 Å². The number of anilines is 2. The number of aryl methyl sites for hydroxylation is 1. The second-order valence-corrected chi connectivity index (χ2v) is 10.1. The summed E-state index contributed by atoms with van der Waals surface area (Å²) < 4.78 is 33.4. The number of benzene rings is 2. The van der Waals surface area contributed by atoms with E-state index in [4.69, 9.17) is 4.74 Å². The lowest BCUT2D eigenvalue weighted by Crippen LogP contribution is -2.35. The molecule has 0 radical (unpaired) electrons. The van der Waals surface area contributed by atoms with Gasteiger partial charge in [0, 0.05) is 32.6 Å². The Hall–Kier alpha value is -2.58. The van der Waals surface area contributed by atoms with E-state index in [0.29, 0.717) is 25.2 Å². The number of hydrogen-bond acceptors (Lipinski definition) is 5. The summed E-state index contributed by atoms with van der Waals surface area (Å²) >= 11 is 0. The third kappa shape index (κ3) is 6.06. The van der Waals surface area contributed by atoms with Gasteiger partial charge in [-0.3, -0.25) is 4.79 Å². The van der Waals surface area contributed by atoms with Crippen molar-refractivity contribution in [2.75, 3.05) is 43.5 Å². The summed E-state index contributed by atoms with van der Waals surface area (Å²) in [7, 11) is -1.98. The maximum absolute atomic E-state index is 13.2. The fraction of sp³-hybridized carbons (Fsp3) is 0.480. The number of ether oxygens (including phenoxy) is 1. The summed E-state index contributed by atoms with van der Waals surface area (Å²) in [5.74, 6) is 0.589. The second kappa shape index (κ2) is 11.5. The van der Waals surface area contributed by atoms with Crippen LogP contribution in [0.25, 0.3) is 0 Å². The highest BCUT2D eigenvalue weighted by Crippen LogP contribution is 2.31. The Labute approximate surface area is 197 Å². The summed E-state index contributed by atoms with van der Waals surface area (Å²) in [4.78, 5) is 15.2. The number of amides is 1. The molecule has 2 aromatic rings. The van der Waals surface area contributed by atoms with E-state index in [1.165, 1.54) is 0 Å². The number of carbonyl (C=O) groups is 1. The second-order valence-electron chi connectivity index (χ2n) is 8.18. The first-order chi connectivity index (χ1) is 15.9. The summed E-state index contributed by atoms with van der Waals surface area (Å²) in [6.45, 7) is 6.66. The first-order valence-corrected chi connectivity index (χ1v) is 13.2. The Morgan fingerprint density at radius 2 is 1.76 bits per heavy atom. The number of piperidine rings is 1. The van der Waals surface area contributed by atoms with Crippen LogP contribution in [0.2, 0.25) is 0 Å². The number of hydrogen-bond donors (Lipinski definition) is 1. The minimum absolute atomic E-state index is 0.165. The Kier molecular flexibility index (Phi) is 8.74. The first kappa shape index (κ1) is 25.1. The molecule has 8 heteroatoms. The van der Waals surface area contributed by atoms with Crippen molar-refractivity contribution in [3.05, 3.63) is 48.0 Å². The zero-order chi connectivity index (χ0) is 23.8. The molecular weight excluding hydrogens is 438 g/mol. The maximum atomic E-state index is 13.2. The standard InChI is InChI=1S/C25H35N3O4S/c1-4-27(5-2)23-15-14-21(33(30,31)28-17-9-6-10-18-28)19-22(23)26-25(29)16-13-20-11-7-8-12-24(20)32-3/h7-8,11-12,14-15,19H,4-6,9-10,13,16-18H2,1-3H3,(H,26,29).